The third-order valence-electron chi connectivity index (χ3n) is 3.16. The van der Waals surface area contributed by atoms with Crippen molar-refractivity contribution < 1.29 is 9.59 Å². The first kappa shape index (κ1) is 16.4. The van der Waals surface area contributed by atoms with Crippen LogP contribution >= 0.6 is 22.9 Å². The molecule has 24 heavy (non-hydrogen) atoms. The van der Waals surface area contributed by atoms with E-state index in [1.165, 1.54) is 18.3 Å². The molecule has 1 aromatic carbocycles. The summed E-state index contributed by atoms with van der Waals surface area (Å²) in [5.41, 5.74) is 2.51. The average molecular weight is 364 g/mol. The predicted molar refractivity (Wildman–Crippen MR) is 94.6 cm³/mol. The number of anilines is 2. The summed E-state index contributed by atoms with van der Waals surface area (Å²) in [5, 5.41) is 11.6. The van der Waals surface area contributed by atoms with E-state index in [2.05, 4.69) is 20.7 Å². The van der Waals surface area contributed by atoms with Gasteiger partial charge in [-0.2, -0.15) is 4.98 Å². The normalized spacial score (nSPS) is 10.8. The van der Waals surface area contributed by atoms with E-state index < -0.39 is 0 Å². The predicted octanol–water partition coefficient (Wildman–Crippen LogP) is 2.98. The Kier molecular flexibility index (Phi) is 4.77. The van der Waals surface area contributed by atoms with E-state index in [1.807, 2.05) is 29.6 Å². The molecule has 7 nitrogen and oxygen atoms in total. The SMILES string of the molecule is CC(=O)Nc1ccc(-c2csc3nc(NC(=O)CCCl)nn23)cc1. The molecule has 0 aliphatic rings. The first-order chi connectivity index (χ1) is 11.6. The molecule has 0 saturated carbocycles. The summed E-state index contributed by atoms with van der Waals surface area (Å²) in [5.74, 6) is 0.173. The number of alkyl halides is 1. The van der Waals surface area contributed by atoms with Crippen molar-refractivity contribution in [3.8, 4) is 11.3 Å². The monoisotopic (exact) mass is 363 g/mol. The smallest absolute Gasteiger partial charge is 0.250 e. The molecule has 0 aliphatic heterocycles. The molecule has 0 fully saturated rings. The molecule has 0 aliphatic carbocycles. The first-order valence-corrected chi connectivity index (χ1v) is 8.56. The number of nitrogens with one attached hydrogen (secondary N) is 2. The maximum absolute atomic E-state index is 11.6. The second-order valence-electron chi connectivity index (χ2n) is 5.00. The van der Waals surface area contributed by atoms with Crippen LogP contribution in [0.25, 0.3) is 16.2 Å². The lowest BCUT2D eigenvalue weighted by atomic mass is 10.1. The van der Waals surface area contributed by atoms with Gasteiger partial charge in [0, 0.05) is 35.9 Å². The van der Waals surface area contributed by atoms with Gasteiger partial charge in [0.25, 0.3) is 0 Å². The topological polar surface area (TPSA) is 88.4 Å². The fourth-order valence-electron chi connectivity index (χ4n) is 2.13. The summed E-state index contributed by atoms with van der Waals surface area (Å²) in [6.07, 6.45) is 0.214. The lowest BCUT2D eigenvalue weighted by Gasteiger charge is -2.03. The summed E-state index contributed by atoms with van der Waals surface area (Å²) < 4.78 is 1.67. The molecule has 124 valence electrons. The standard InChI is InChI=1S/C15H14ClN5O2S/c1-9(22)17-11-4-2-10(3-5-11)12-8-24-15-19-14(20-21(12)15)18-13(23)6-7-16/h2-5,8H,6-7H2,1H3,(H,17,22)(H,18,20,23). The maximum atomic E-state index is 11.6. The maximum Gasteiger partial charge on any atom is 0.250 e. The average Bonchev–Trinajstić information content (AvgIpc) is 3.07. The highest BCUT2D eigenvalue weighted by Crippen LogP contribution is 2.27. The van der Waals surface area contributed by atoms with Crippen molar-refractivity contribution >= 4 is 51.3 Å². The van der Waals surface area contributed by atoms with Gasteiger partial charge in [0.1, 0.15) is 0 Å². The molecule has 2 amide bonds. The van der Waals surface area contributed by atoms with Gasteiger partial charge in [-0.25, -0.2) is 4.52 Å². The summed E-state index contributed by atoms with van der Waals surface area (Å²) in [6, 6.07) is 7.42. The minimum atomic E-state index is -0.218. The molecule has 2 N–H and O–H groups in total. The highest BCUT2D eigenvalue weighted by Gasteiger charge is 2.13. The van der Waals surface area contributed by atoms with Crippen LogP contribution in [0.15, 0.2) is 29.6 Å². The molecule has 0 saturated heterocycles. The largest absolute Gasteiger partial charge is 0.326 e. The first-order valence-electron chi connectivity index (χ1n) is 7.15. The van der Waals surface area contributed by atoms with E-state index in [0.717, 1.165) is 16.9 Å². The number of amides is 2. The van der Waals surface area contributed by atoms with Gasteiger partial charge < -0.3 is 5.32 Å². The van der Waals surface area contributed by atoms with E-state index in [0.29, 0.717) is 4.96 Å². The Balaban J connectivity index is 1.85. The van der Waals surface area contributed by atoms with Gasteiger partial charge in [0.2, 0.25) is 22.7 Å². The quantitative estimate of drug-likeness (QED) is 0.682. The van der Waals surface area contributed by atoms with Gasteiger partial charge >= 0.3 is 0 Å². The zero-order valence-corrected chi connectivity index (χ0v) is 14.3. The lowest BCUT2D eigenvalue weighted by Crippen LogP contribution is -2.12. The van der Waals surface area contributed by atoms with Crippen molar-refractivity contribution in [3.05, 3.63) is 29.6 Å². The third-order valence-corrected chi connectivity index (χ3v) is 4.16. The Morgan fingerprint density at radius 1 is 1.25 bits per heavy atom. The summed E-state index contributed by atoms with van der Waals surface area (Å²) in [4.78, 5) is 27.6. The molecule has 0 spiro atoms. The number of halogens is 1. The van der Waals surface area contributed by atoms with Gasteiger partial charge in [-0.05, 0) is 12.1 Å². The molecule has 3 rings (SSSR count). The van der Waals surface area contributed by atoms with Crippen LogP contribution in [0.5, 0.6) is 0 Å². The number of carbonyl (C=O) groups excluding carboxylic acids is 2. The van der Waals surface area contributed by atoms with Crippen molar-refractivity contribution in [2.45, 2.75) is 13.3 Å². The van der Waals surface area contributed by atoms with Crippen LogP contribution in [-0.4, -0.2) is 32.3 Å². The van der Waals surface area contributed by atoms with Crippen molar-refractivity contribution in [1.29, 1.82) is 0 Å². The molecule has 0 atom stereocenters. The van der Waals surface area contributed by atoms with Crippen LogP contribution in [0.4, 0.5) is 11.6 Å². The van der Waals surface area contributed by atoms with Gasteiger partial charge in [0.05, 0.1) is 5.69 Å². The summed E-state index contributed by atoms with van der Waals surface area (Å²) in [7, 11) is 0. The Hall–Kier alpha value is -2.45. The molecule has 0 unspecified atom stereocenters. The number of nitrogens with zero attached hydrogens (tertiary/aromatic N) is 3. The summed E-state index contributed by atoms with van der Waals surface area (Å²) >= 11 is 6.97. The van der Waals surface area contributed by atoms with Crippen LogP contribution < -0.4 is 10.6 Å². The van der Waals surface area contributed by atoms with Crippen molar-refractivity contribution in [3.63, 3.8) is 0 Å². The molecular weight excluding hydrogens is 350 g/mol. The minimum Gasteiger partial charge on any atom is -0.326 e. The van der Waals surface area contributed by atoms with Crippen LogP contribution in [0.2, 0.25) is 0 Å². The number of hydrogen-bond donors (Lipinski definition) is 2. The van der Waals surface area contributed by atoms with Crippen LogP contribution in [0, 0.1) is 0 Å². The molecule has 2 heterocycles. The fraction of sp³-hybridized carbons (Fsp3) is 0.200. The van der Waals surface area contributed by atoms with Crippen molar-refractivity contribution in [2.24, 2.45) is 0 Å². The van der Waals surface area contributed by atoms with Gasteiger partial charge in [-0.15, -0.1) is 28.0 Å². The van der Waals surface area contributed by atoms with Gasteiger partial charge in [-0.3, -0.25) is 14.9 Å². The highest BCUT2D eigenvalue weighted by molar-refractivity contribution is 7.15. The lowest BCUT2D eigenvalue weighted by molar-refractivity contribution is -0.116. The highest BCUT2D eigenvalue weighted by atomic mass is 35.5. The Bertz CT molecular complexity index is 887. The van der Waals surface area contributed by atoms with Gasteiger partial charge in [-0.1, -0.05) is 12.1 Å². The number of hydrogen-bond acceptors (Lipinski definition) is 5. The van der Waals surface area contributed by atoms with E-state index >= 15 is 0 Å². The van der Waals surface area contributed by atoms with E-state index in [1.54, 1.807) is 4.52 Å². The molecule has 0 bridgehead atoms. The number of thiazole rings is 1. The van der Waals surface area contributed by atoms with E-state index in [9.17, 15) is 9.59 Å². The van der Waals surface area contributed by atoms with Crippen LogP contribution in [0.1, 0.15) is 13.3 Å². The number of rotatable bonds is 5. The second kappa shape index (κ2) is 6.98. The minimum absolute atomic E-state index is 0.116. The molecule has 2 aromatic heterocycles. The Morgan fingerprint density at radius 2 is 2.00 bits per heavy atom. The third kappa shape index (κ3) is 3.55. The van der Waals surface area contributed by atoms with Crippen molar-refractivity contribution in [1.82, 2.24) is 14.6 Å². The molecular formula is C15H14ClN5O2S. The second-order valence-corrected chi connectivity index (χ2v) is 6.21. The number of fused-ring (bicyclic) bond motifs is 1. The van der Waals surface area contributed by atoms with Crippen molar-refractivity contribution in [2.75, 3.05) is 16.5 Å². The fourth-order valence-corrected chi connectivity index (χ4v) is 3.14. The molecule has 3 aromatic rings. The molecule has 9 heteroatoms. The zero-order valence-electron chi connectivity index (χ0n) is 12.7. The van der Waals surface area contributed by atoms with E-state index in [4.69, 9.17) is 11.6 Å². The number of carbonyl (C=O) groups is 2. The number of benzene rings is 1. The van der Waals surface area contributed by atoms with Crippen LogP contribution in [-0.2, 0) is 9.59 Å². The molecule has 0 radical (unpaired) electrons. The van der Waals surface area contributed by atoms with Crippen LogP contribution in [0.3, 0.4) is 0 Å². The van der Waals surface area contributed by atoms with E-state index in [-0.39, 0.29) is 30.1 Å². The number of aromatic nitrogens is 3. The zero-order chi connectivity index (χ0) is 17.1. The van der Waals surface area contributed by atoms with Gasteiger partial charge in [0.15, 0.2) is 0 Å². The Labute approximate surface area is 146 Å². The summed E-state index contributed by atoms with van der Waals surface area (Å²) in [6.45, 7) is 1.46. The Morgan fingerprint density at radius 3 is 2.67 bits per heavy atom.